The molecule has 0 radical (unpaired) electrons. The van der Waals surface area contributed by atoms with E-state index in [1.807, 2.05) is 42.5 Å². The zero-order valence-electron chi connectivity index (χ0n) is 14.5. The number of halogens is 2. The van der Waals surface area contributed by atoms with Crippen molar-refractivity contribution in [2.24, 2.45) is 0 Å². The topological polar surface area (TPSA) is 41.6 Å². The Bertz CT molecular complexity index is 733. The van der Waals surface area contributed by atoms with Crippen molar-refractivity contribution in [3.63, 3.8) is 0 Å². The highest BCUT2D eigenvalue weighted by atomic mass is 79.9. The molecule has 0 saturated carbocycles. The van der Waals surface area contributed by atoms with Gasteiger partial charge in [0.15, 0.2) is 5.78 Å². The molecule has 1 aliphatic heterocycles. The summed E-state index contributed by atoms with van der Waals surface area (Å²) in [5.41, 5.74) is 1.79. The third-order valence-corrected chi connectivity index (χ3v) is 5.41. The summed E-state index contributed by atoms with van der Waals surface area (Å²) in [4.78, 5) is 14.7. The van der Waals surface area contributed by atoms with Crippen molar-refractivity contribution < 1.29 is 9.53 Å². The van der Waals surface area contributed by atoms with E-state index in [4.69, 9.17) is 16.3 Å². The van der Waals surface area contributed by atoms with Gasteiger partial charge in [0.05, 0.1) is 19.8 Å². The molecule has 26 heavy (non-hydrogen) atoms. The molecule has 1 atom stereocenters. The van der Waals surface area contributed by atoms with Gasteiger partial charge in [0.2, 0.25) is 0 Å². The number of nitrogens with one attached hydrogen (secondary N) is 1. The lowest BCUT2D eigenvalue weighted by molar-refractivity contribution is 0.0162. The molecule has 1 heterocycles. The van der Waals surface area contributed by atoms with E-state index < -0.39 is 0 Å². The second kappa shape index (κ2) is 9.62. The van der Waals surface area contributed by atoms with Crippen molar-refractivity contribution in [3.8, 4) is 0 Å². The number of nitrogens with zero attached hydrogens (tertiary/aromatic N) is 1. The zero-order valence-corrected chi connectivity index (χ0v) is 16.8. The first kappa shape index (κ1) is 19.5. The summed E-state index contributed by atoms with van der Waals surface area (Å²) in [5, 5.41) is 4.07. The van der Waals surface area contributed by atoms with E-state index in [9.17, 15) is 4.79 Å². The smallest absolute Gasteiger partial charge is 0.176 e. The fourth-order valence-electron chi connectivity index (χ4n) is 3.13. The highest BCUT2D eigenvalue weighted by Crippen LogP contribution is 2.27. The van der Waals surface area contributed by atoms with Crippen molar-refractivity contribution in [3.05, 3.63) is 69.2 Å². The fourth-order valence-corrected chi connectivity index (χ4v) is 3.66. The van der Waals surface area contributed by atoms with Crippen LogP contribution in [0.25, 0.3) is 0 Å². The molecule has 0 spiro atoms. The van der Waals surface area contributed by atoms with Gasteiger partial charge in [-0.2, -0.15) is 0 Å². The molecule has 1 unspecified atom stereocenters. The zero-order chi connectivity index (χ0) is 18.4. The Morgan fingerprint density at radius 3 is 2.54 bits per heavy atom. The normalized spacial score (nSPS) is 16.4. The monoisotopic (exact) mass is 436 g/mol. The maximum absolute atomic E-state index is 12.4. The van der Waals surface area contributed by atoms with E-state index in [0.717, 1.165) is 41.4 Å². The average Bonchev–Trinajstić information content (AvgIpc) is 2.67. The molecule has 0 bridgehead atoms. The van der Waals surface area contributed by atoms with Gasteiger partial charge in [-0.15, -0.1) is 0 Å². The van der Waals surface area contributed by atoms with Crippen molar-refractivity contribution in [2.75, 3.05) is 39.4 Å². The number of benzene rings is 2. The number of carbonyl (C=O) groups is 1. The Labute approximate surface area is 167 Å². The second-order valence-corrected chi connectivity index (χ2v) is 7.57. The number of ketones is 1. The number of rotatable bonds is 7. The molecule has 2 aromatic rings. The highest BCUT2D eigenvalue weighted by molar-refractivity contribution is 9.10. The first-order chi connectivity index (χ1) is 12.6. The van der Waals surface area contributed by atoms with Crippen LogP contribution in [0.4, 0.5) is 0 Å². The van der Waals surface area contributed by atoms with E-state index >= 15 is 0 Å². The van der Waals surface area contributed by atoms with Crippen LogP contribution < -0.4 is 5.32 Å². The van der Waals surface area contributed by atoms with E-state index in [1.54, 1.807) is 0 Å². The average molecular weight is 438 g/mol. The molecule has 138 valence electrons. The van der Waals surface area contributed by atoms with Crippen LogP contribution in [-0.4, -0.2) is 50.1 Å². The van der Waals surface area contributed by atoms with E-state index in [-0.39, 0.29) is 11.8 Å². The van der Waals surface area contributed by atoms with Gasteiger partial charge in [0, 0.05) is 40.7 Å². The summed E-state index contributed by atoms with van der Waals surface area (Å²) in [6, 6.07) is 15.5. The summed E-state index contributed by atoms with van der Waals surface area (Å²) in [5.74, 6) is 0.0809. The summed E-state index contributed by atoms with van der Waals surface area (Å²) in [6.07, 6.45) is 0. The third-order valence-electron chi connectivity index (χ3n) is 4.54. The van der Waals surface area contributed by atoms with Crippen molar-refractivity contribution >= 4 is 33.3 Å². The third kappa shape index (κ3) is 5.15. The summed E-state index contributed by atoms with van der Waals surface area (Å²) in [6.45, 7) is 4.12. The van der Waals surface area contributed by atoms with Crippen LogP contribution in [0, 0.1) is 0 Å². The Kier molecular flexibility index (Phi) is 7.23. The molecule has 0 aromatic heterocycles. The molecule has 2 aromatic carbocycles. The maximum Gasteiger partial charge on any atom is 0.176 e. The SMILES string of the molecule is O=C(CNCC(c1ccccc1Cl)N1CCOCC1)c1ccc(Br)cc1. The molecular formula is C20H22BrClN2O2. The van der Waals surface area contributed by atoms with Gasteiger partial charge in [-0.25, -0.2) is 0 Å². The van der Waals surface area contributed by atoms with Crippen LogP contribution in [0.15, 0.2) is 53.0 Å². The van der Waals surface area contributed by atoms with E-state index in [1.165, 1.54) is 0 Å². The first-order valence-electron chi connectivity index (χ1n) is 8.71. The van der Waals surface area contributed by atoms with Crippen LogP contribution >= 0.6 is 27.5 Å². The van der Waals surface area contributed by atoms with Crippen LogP contribution in [0.2, 0.25) is 5.02 Å². The summed E-state index contributed by atoms with van der Waals surface area (Å²) < 4.78 is 6.44. The minimum absolute atomic E-state index is 0.0809. The predicted molar refractivity (Wildman–Crippen MR) is 108 cm³/mol. The van der Waals surface area contributed by atoms with Crippen LogP contribution in [0.5, 0.6) is 0 Å². The van der Waals surface area contributed by atoms with Crippen molar-refractivity contribution in [1.29, 1.82) is 0 Å². The molecule has 4 nitrogen and oxygen atoms in total. The number of morpholine rings is 1. The number of ether oxygens (including phenoxy) is 1. The minimum atomic E-state index is 0.0809. The molecule has 6 heteroatoms. The highest BCUT2D eigenvalue weighted by Gasteiger charge is 2.24. The Morgan fingerprint density at radius 2 is 1.85 bits per heavy atom. The lowest BCUT2D eigenvalue weighted by Crippen LogP contribution is -2.43. The van der Waals surface area contributed by atoms with Gasteiger partial charge >= 0.3 is 0 Å². The Balaban J connectivity index is 1.65. The summed E-state index contributed by atoms with van der Waals surface area (Å²) >= 11 is 9.82. The molecule has 1 N–H and O–H groups in total. The first-order valence-corrected chi connectivity index (χ1v) is 9.88. The number of Topliss-reactive ketones (excluding diaryl/α,β-unsaturated/α-hetero) is 1. The standard InChI is InChI=1S/C20H22BrClN2O2/c21-16-7-5-15(6-8-16)20(25)14-23-13-19(24-9-11-26-12-10-24)17-3-1-2-4-18(17)22/h1-8,19,23H,9-14H2. The maximum atomic E-state index is 12.4. The lowest BCUT2D eigenvalue weighted by atomic mass is 10.0. The quantitative estimate of drug-likeness (QED) is 0.666. The molecular weight excluding hydrogens is 416 g/mol. The van der Waals surface area contributed by atoms with Crippen LogP contribution in [-0.2, 0) is 4.74 Å². The Morgan fingerprint density at radius 1 is 1.15 bits per heavy atom. The predicted octanol–water partition coefficient (Wildman–Crippen LogP) is 3.95. The molecule has 3 rings (SSSR count). The fraction of sp³-hybridized carbons (Fsp3) is 0.350. The van der Waals surface area contributed by atoms with Gasteiger partial charge in [0.1, 0.15) is 0 Å². The number of hydrogen-bond acceptors (Lipinski definition) is 4. The van der Waals surface area contributed by atoms with Crippen molar-refractivity contribution in [2.45, 2.75) is 6.04 Å². The second-order valence-electron chi connectivity index (χ2n) is 6.25. The molecule has 1 fully saturated rings. The van der Waals surface area contributed by atoms with Crippen molar-refractivity contribution in [1.82, 2.24) is 10.2 Å². The minimum Gasteiger partial charge on any atom is -0.379 e. The van der Waals surface area contributed by atoms with Crippen LogP contribution in [0.1, 0.15) is 22.0 Å². The van der Waals surface area contributed by atoms with E-state index in [2.05, 4.69) is 32.2 Å². The van der Waals surface area contributed by atoms with Gasteiger partial charge in [-0.3, -0.25) is 9.69 Å². The number of carbonyl (C=O) groups excluding carboxylic acids is 1. The largest absolute Gasteiger partial charge is 0.379 e. The van der Waals surface area contributed by atoms with Crippen LogP contribution in [0.3, 0.4) is 0 Å². The molecule has 1 saturated heterocycles. The van der Waals surface area contributed by atoms with Gasteiger partial charge in [-0.1, -0.05) is 57.9 Å². The van der Waals surface area contributed by atoms with E-state index in [0.29, 0.717) is 18.7 Å². The number of hydrogen-bond donors (Lipinski definition) is 1. The van der Waals surface area contributed by atoms with Gasteiger partial charge < -0.3 is 10.1 Å². The Hall–Kier alpha value is -1.24. The molecule has 0 aliphatic carbocycles. The summed E-state index contributed by atoms with van der Waals surface area (Å²) in [7, 11) is 0. The molecule has 0 amide bonds. The lowest BCUT2D eigenvalue weighted by Gasteiger charge is -2.35. The van der Waals surface area contributed by atoms with Gasteiger partial charge in [-0.05, 0) is 23.8 Å². The molecule has 1 aliphatic rings. The van der Waals surface area contributed by atoms with Gasteiger partial charge in [0.25, 0.3) is 0 Å².